The molecule has 0 radical (unpaired) electrons. The number of carbonyl (C=O) groups excluding carboxylic acids is 4. The van der Waals surface area contributed by atoms with E-state index in [0.717, 1.165) is 25.7 Å². The molecule has 5 N–H and O–H groups in total. The zero-order valence-electron chi connectivity index (χ0n) is 16.0. The topological polar surface area (TPSA) is 136 Å². The Morgan fingerprint density at radius 3 is 2.64 bits per heavy atom. The van der Waals surface area contributed by atoms with E-state index in [-0.39, 0.29) is 31.2 Å². The molecule has 1 heterocycles. The van der Waals surface area contributed by atoms with E-state index in [0.29, 0.717) is 36.1 Å². The van der Waals surface area contributed by atoms with Crippen LogP contribution >= 0.6 is 0 Å². The highest BCUT2D eigenvalue weighted by atomic mass is 16.2. The van der Waals surface area contributed by atoms with Gasteiger partial charge in [-0.15, -0.1) is 0 Å². The number of benzene rings is 1. The number of nitrogens with two attached hydrogens (primary N) is 2. The number of hydrogen-bond donors (Lipinski definition) is 3. The van der Waals surface area contributed by atoms with E-state index in [9.17, 15) is 19.2 Å². The molecule has 2 rings (SSSR count). The Morgan fingerprint density at radius 2 is 1.96 bits per heavy atom. The summed E-state index contributed by atoms with van der Waals surface area (Å²) < 4.78 is 0. The minimum Gasteiger partial charge on any atom is -0.368 e. The summed E-state index contributed by atoms with van der Waals surface area (Å²) in [4.78, 5) is 48.8. The third-order valence-corrected chi connectivity index (χ3v) is 4.89. The average molecular weight is 388 g/mol. The van der Waals surface area contributed by atoms with E-state index in [1.165, 1.54) is 4.90 Å². The quantitative estimate of drug-likeness (QED) is 0.366. The number of nitrogens with zero attached hydrogens (tertiary/aromatic N) is 1. The van der Waals surface area contributed by atoms with E-state index >= 15 is 0 Å². The monoisotopic (exact) mass is 388 g/mol. The molecule has 28 heavy (non-hydrogen) atoms. The van der Waals surface area contributed by atoms with Crippen molar-refractivity contribution in [2.24, 2.45) is 11.5 Å². The molecular formula is C20H28N4O4. The fourth-order valence-corrected chi connectivity index (χ4v) is 3.40. The first kappa shape index (κ1) is 21.6. The number of aldehydes is 1. The number of amides is 3. The number of primary amides is 1. The largest absolute Gasteiger partial charge is 0.368 e. The Hall–Kier alpha value is -2.74. The Morgan fingerprint density at radius 1 is 1.21 bits per heavy atom. The molecule has 1 aliphatic heterocycles. The Balaban J connectivity index is 2.05. The highest BCUT2D eigenvalue weighted by Gasteiger charge is 2.36. The van der Waals surface area contributed by atoms with Crippen molar-refractivity contribution >= 4 is 29.7 Å². The first-order chi connectivity index (χ1) is 13.5. The van der Waals surface area contributed by atoms with Gasteiger partial charge in [0.1, 0.15) is 12.3 Å². The van der Waals surface area contributed by atoms with Gasteiger partial charge >= 0.3 is 0 Å². The number of fused-ring (bicyclic) bond motifs is 1. The number of hydrogen-bond acceptors (Lipinski definition) is 5. The maximum atomic E-state index is 12.7. The van der Waals surface area contributed by atoms with Gasteiger partial charge in [-0.05, 0) is 37.9 Å². The van der Waals surface area contributed by atoms with Crippen LogP contribution in [-0.4, -0.2) is 41.5 Å². The van der Waals surface area contributed by atoms with Crippen molar-refractivity contribution in [1.29, 1.82) is 0 Å². The summed E-state index contributed by atoms with van der Waals surface area (Å²) in [5.41, 5.74) is 12.6. The molecule has 1 aromatic rings. The van der Waals surface area contributed by atoms with Gasteiger partial charge in [0.2, 0.25) is 11.8 Å². The van der Waals surface area contributed by atoms with Crippen LogP contribution in [-0.2, 0) is 20.9 Å². The lowest BCUT2D eigenvalue weighted by Crippen LogP contribution is -2.44. The van der Waals surface area contributed by atoms with Crippen molar-refractivity contribution in [2.45, 2.75) is 57.5 Å². The normalized spacial score (nSPS) is 13.9. The summed E-state index contributed by atoms with van der Waals surface area (Å²) in [7, 11) is 0. The standard InChI is InChI=1S/C20H28N4O4/c21-11-4-2-1-3-10-18(26)23-16-8-5-7-14-15(16)13-24(20(14)28)17(19(22)27)9-6-12-25/h5,7-8,12,17H,1-4,6,9-11,13,21H2,(H2,22,27)(H,23,26). The molecule has 3 amide bonds. The van der Waals surface area contributed by atoms with Crippen LogP contribution in [0.4, 0.5) is 5.69 Å². The van der Waals surface area contributed by atoms with Crippen molar-refractivity contribution in [2.75, 3.05) is 11.9 Å². The second kappa shape index (κ2) is 10.6. The van der Waals surface area contributed by atoms with E-state index in [1.807, 2.05) is 0 Å². The molecular weight excluding hydrogens is 360 g/mol. The first-order valence-corrected chi connectivity index (χ1v) is 9.65. The van der Waals surface area contributed by atoms with Crippen molar-refractivity contribution < 1.29 is 19.2 Å². The zero-order chi connectivity index (χ0) is 20.5. The molecule has 1 aliphatic rings. The van der Waals surface area contributed by atoms with Gasteiger partial charge in [-0.25, -0.2) is 0 Å². The SMILES string of the molecule is NCCCCCCC(=O)Nc1cccc2c1CN(C(CCC=O)C(N)=O)C2=O. The van der Waals surface area contributed by atoms with Crippen molar-refractivity contribution in [3.8, 4) is 0 Å². The molecule has 0 bridgehead atoms. The minimum absolute atomic E-state index is 0.112. The zero-order valence-corrected chi connectivity index (χ0v) is 16.0. The van der Waals surface area contributed by atoms with Crippen LogP contribution in [0.1, 0.15) is 60.9 Å². The molecule has 0 spiro atoms. The molecule has 0 fully saturated rings. The third kappa shape index (κ3) is 5.39. The van der Waals surface area contributed by atoms with Crippen LogP contribution in [0.2, 0.25) is 0 Å². The first-order valence-electron chi connectivity index (χ1n) is 9.65. The summed E-state index contributed by atoms with van der Waals surface area (Å²) in [6.07, 6.45) is 5.10. The summed E-state index contributed by atoms with van der Waals surface area (Å²) in [6.45, 7) is 0.833. The molecule has 0 aromatic heterocycles. The summed E-state index contributed by atoms with van der Waals surface area (Å²) in [5.74, 6) is -1.08. The molecule has 0 saturated carbocycles. The van der Waals surface area contributed by atoms with Gasteiger partial charge < -0.3 is 26.5 Å². The third-order valence-electron chi connectivity index (χ3n) is 4.89. The van der Waals surface area contributed by atoms with Gasteiger partial charge in [-0.3, -0.25) is 14.4 Å². The Bertz CT molecular complexity index is 735. The maximum absolute atomic E-state index is 12.7. The number of nitrogens with one attached hydrogen (secondary N) is 1. The number of rotatable bonds is 12. The predicted octanol–water partition coefficient (Wildman–Crippen LogP) is 1.32. The highest BCUT2D eigenvalue weighted by Crippen LogP contribution is 2.31. The van der Waals surface area contributed by atoms with E-state index in [2.05, 4.69) is 5.32 Å². The fraction of sp³-hybridized carbons (Fsp3) is 0.500. The van der Waals surface area contributed by atoms with Gasteiger partial charge in [-0.1, -0.05) is 18.9 Å². The van der Waals surface area contributed by atoms with Crippen molar-refractivity contribution in [3.63, 3.8) is 0 Å². The molecule has 8 heteroatoms. The van der Waals surface area contributed by atoms with Crippen LogP contribution < -0.4 is 16.8 Å². The second-order valence-corrected chi connectivity index (χ2v) is 6.93. The van der Waals surface area contributed by atoms with E-state index in [1.54, 1.807) is 18.2 Å². The average Bonchev–Trinajstić information content (AvgIpc) is 2.99. The molecule has 8 nitrogen and oxygen atoms in total. The van der Waals surface area contributed by atoms with Gasteiger partial charge in [0.25, 0.3) is 5.91 Å². The molecule has 1 atom stereocenters. The van der Waals surface area contributed by atoms with Gasteiger partial charge in [-0.2, -0.15) is 0 Å². The summed E-state index contributed by atoms with van der Waals surface area (Å²) in [6, 6.07) is 4.25. The Labute approximate surface area is 164 Å². The molecule has 0 saturated heterocycles. The summed E-state index contributed by atoms with van der Waals surface area (Å²) in [5, 5.41) is 2.87. The van der Waals surface area contributed by atoms with Crippen molar-refractivity contribution in [1.82, 2.24) is 4.90 Å². The molecule has 0 aliphatic carbocycles. The van der Waals surface area contributed by atoms with Crippen LogP contribution in [0.25, 0.3) is 0 Å². The smallest absolute Gasteiger partial charge is 0.255 e. The summed E-state index contributed by atoms with van der Waals surface area (Å²) >= 11 is 0. The maximum Gasteiger partial charge on any atom is 0.255 e. The minimum atomic E-state index is -0.851. The lowest BCUT2D eigenvalue weighted by Gasteiger charge is -2.24. The number of carbonyl (C=O) groups is 4. The highest BCUT2D eigenvalue weighted by molar-refractivity contribution is 6.03. The molecule has 152 valence electrons. The van der Waals surface area contributed by atoms with Crippen LogP contribution in [0.15, 0.2) is 18.2 Å². The molecule has 1 unspecified atom stereocenters. The lowest BCUT2D eigenvalue weighted by molar-refractivity contribution is -0.123. The van der Waals surface area contributed by atoms with Gasteiger partial charge in [0, 0.05) is 36.2 Å². The number of unbranched alkanes of at least 4 members (excludes halogenated alkanes) is 3. The fourth-order valence-electron chi connectivity index (χ4n) is 3.40. The van der Waals surface area contributed by atoms with Crippen LogP contribution in [0, 0.1) is 0 Å². The van der Waals surface area contributed by atoms with Gasteiger partial charge in [0.05, 0.1) is 0 Å². The molecule has 1 aromatic carbocycles. The van der Waals surface area contributed by atoms with E-state index in [4.69, 9.17) is 11.5 Å². The van der Waals surface area contributed by atoms with Crippen LogP contribution in [0.5, 0.6) is 0 Å². The second-order valence-electron chi connectivity index (χ2n) is 6.93. The number of anilines is 1. The lowest BCUT2D eigenvalue weighted by atomic mass is 10.1. The van der Waals surface area contributed by atoms with Crippen LogP contribution in [0.3, 0.4) is 0 Å². The van der Waals surface area contributed by atoms with Gasteiger partial charge in [0.15, 0.2) is 0 Å². The van der Waals surface area contributed by atoms with Crippen molar-refractivity contribution in [3.05, 3.63) is 29.3 Å². The van der Waals surface area contributed by atoms with E-state index < -0.39 is 11.9 Å². The predicted molar refractivity (Wildman–Crippen MR) is 105 cm³/mol. The Kier molecular flexibility index (Phi) is 8.13.